The van der Waals surface area contributed by atoms with Crippen molar-refractivity contribution in [2.75, 3.05) is 0 Å². The second-order valence-corrected chi connectivity index (χ2v) is 6.37. The van der Waals surface area contributed by atoms with E-state index in [1.165, 1.54) is 5.56 Å². The van der Waals surface area contributed by atoms with Crippen molar-refractivity contribution >= 4 is 12.1 Å². The Labute approximate surface area is 144 Å². The van der Waals surface area contributed by atoms with Crippen molar-refractivity contribution in [1.29, 1.82) is 0 Å². The molecule has 0 fully saturated rings. The highest BCUT2D eigenvalue weighted by Gasteiger charge is 2.24. The first-order valence-corrected chi connectivity index (χ1v) is 8.12. The van der Waals surface area contributed by atoms with Gasteiger partial charge in [-0.05, 0) is 37.8 Å². The van der Waals surface area contributed by atoms with Crippen LogP contribution in [0, 0.1) is 0 Å². The zero-order valence-corrected chi connectivity index (χ0v) is 15.1. The van der Waals surface area contributed by atoms with Crippen molar-refractivity contribution < 1.29 is 19.1 Å². The Morgan fingerprint density at radius 1 is 1.12 bits per heavy atom. The first-order chi connectivity index (χ1) is 11.2. The van der Waals surface area contributed by atoms with Crippen LogP contribution in [-0.4, -0.2) is 24.2 Å². The molecule has 0 heterocycles. The van der Waals surface area contributed by atoms with Gasteiger partial charge in [-0.1, -0.05) is 44.7 Å². The summed E-state index contributed by atoms with van der Waals surface area (Å²) in [6, 6.07) is 7.14. The van der Waals surface area contributed by atoms with Gasteiger partial charge in [0, 0.05) is 6.42 Å². The molecule has 24 heavy (non-hydrogen) atoms. The number of amides is 1. The number of allylic oxidation sites excluding steroid dienone is 1. The van der Waals surface area contributed by atoms with E-state index in [2.05, 4.69) is 25.7 Å². The van der Waals surface area contributed by atoms with Crippen LogP contribution in [0.1, 0.15) is 51.7 Å². The second kappa shape index (κ2) is 9.11. The van der Waals surface area contributed by atoms with Gasteiger partial charge in [0.15, 0.2) is 0 Å². The van der Waals surface area contributed by atoms with E-state index in [0.29, 0.717) is 12.3 Å². The summed E-state index contributed by atoms with van der Waals surface area (Å²) in [7, 11) is 0. The highest BCUT2D eigenvalue weighted by molar-refractivity contribution is 5.82. The molecule has 0 aromatic heterocycles. The Morgan fingerprint density at radius 3 is 2.17 bits per heavy atom. The summed E-state index contributed by atoms with van der Waals surface area (Å²) in [5.41, 5.74) is 2.15. The Bertz CT molecular complexity index is 576. The number of hydrogen-bond acceptors (Lipinski definition) is 4. The zero-order chi connectivity index (χ0) is 18.3. The number of carbonyl (C=O) groups is 2. The standard InChI is InChI=1S/C19H27NO4/c1-12(2)16-9-7-15(8-10-16)11-17(18(21)23-13(3)4)20-19(22)24-14(5)6/h7-10,12-13,17H,5,11H2,1-4,6H3,(H,20,22)/t17-/m1/s1. The fourth-order valence-corrected chi connectivity index (χ4v) is 2.11. The first kappa shape index (κ1) is 19.7. The molecule has 1 N–H and O–H groups in total. The molecule has 1 aromatic carbocycles. The maximum atomic E-state index is 12.2. The predicted octanol–water partition coefficient (Wildman–Crippen LogP) is 3.93. The average Bonchev–Trinajstić information content (AvgIpc) is 2.45. The number of alkyl carbamates (subject to hydrolysis) is 1. The molecule has 132 valence electrons. The molecular weight excluding hydrogens is 306 g/mol. The van der Waals surface area contributed by atoms with Crippen molar-refractivity contribution in [2.24, 2.45) is 0 Å². The number of hydrogen-bond donors (Lipinski definition) is 1. The van der Waals surface area contributed by atoms with E-state index < -0.39 is 18.1 Å². The molecule has 1 aromatic rings. The maximum absolute atomic E-state index is 12.2. The summed E-state index contributed by atoms with van der Waals surface area (Å²) in [6.45, 7) is 12.8. The van der Waals surface area contributed by atoms with Crippen molar-refractivity contribution in [3.63, 3.8) is 0 Å². The van der Waals surface area contributed by atoms with Crippen molar-refractivity contribution in [3.05, 3.63) is 47.7 Å². The minimum Gasteiger partial charge on any atom is -0.461 e. The maximum Gasteiger partial charge on any atom is 0.412 e. The SMILES string of the molecule is C=C(C)OC(=O)N[C@H](Cc1ccc(C(C)C)cc1)C(=O)OC(C)C. The van der Waals surface area contributed by atoms with Crippen LogP contribution in [-0.2, 0) is 20.7 Å². The molecule has 0 spiro atoms. The number of ether oxygens (including phenoxy) is 2. The molecule has 5 nitrogen and oxygen atoms in total. The van der Waals surface area contributed by atoms with Gasteiger partial charge in [-0.3, -0.25) is 0 Å². The van der Waals surface area contributed by atoms with E-state index >= 15 is 0 Å². The van der Waals surface area contributed by atoms with Gasteiger partial charge in [0.05, 0.1) is 11.9 Å². The van der Waals surface area contributed by atoms with Crippen molar-refractivity contribution in [2.45, 2.75) is 59.1 Å². The summed E-state index contributed by atoms with van der Waals surface area (Å²) in [5, 5.41) is 2.54. The molecule has 1 atom stereocenters. The van der Waals surface area contributed by atoms with E-state index in [0.717, 1.165) is 5.56 Å². The fraction of sp³-hybridized carbons (Fsp3) is 0.474. The minimum absolute atomic E-state index is 0.254. The monoisotopic (exact) mass is 333 g/mol. The summed E-state index contributed by atoms with van der Waals surface area (Å²) in [4.78, 5) is 24.0. The lowest BCUT2D eigenvalue weighted by Crippen LogP contribution is -2.44. The summed E-state index contributed by atoms with van der Waals surface area (Å²) in [6.07, 6.45) is -0.649. The average molecular weight is 333 g/mol. The van der Waals surface area contributed by atoms with Gasteiger partial charge >= 0.3 is 12.1 Å². The molecule has 0 aliphatic heterocycles. The van der Waals surface area contributed by atoms with E-state index in [1.54, 1.807) is 20.8 Å². The van der Waals surface area contributed by atoms with E-state index in [9.17, 15) is 9.59 Å². The normalized spacial score (nSPS) is 12.0. The molecule has 0 saturated heterocycles. The van der Waals surface area contributed by atoms with Crippen LogP contribution >= 0.6 is 0 Å². The molecule has 0 unspecified atom stereocenters. The number of carbonyl (C=O) groups excluding carboxylic acids is 2. The van der Waals surface area contributed by atoms with Gasteiger partial charge < -0.3 is 14.8 Å². The largest absolute Gasteiger partial charge is 0.461 e. The van der Waals surface area contributed by atoms with Crippen LogP contribution in [0.5, 0.6) is 0 Å². The summed E-state index contributed by atoms with van der Waals surface area (Å²) >= 11 is 0. The number of rotatable bonds is 7. The minimum atomic E-state index is -0.816. The molecule has 5 heteroatoms. The third-order valence-corrected chi connectivity index (χ3v) is 3.28. The van der Waals surface area contributed by atoms with Crippen LogP contribution in [0.3, 0.4) is 0 Å². The van der Waals surface area contributed by atoms with Crippen molar-refractivity contribution in [3.8, 4) is 0 Å². The molecule has 0 saturated carbocycles. The first-order valence-electron chi connectivity index (χ1n) is 8.12. The number of nitrogens with one attached hydrogen (secondary N) is 1. The Hall–Kier alpha value is -2.30. The molecule has 1 amide bonds. The van der Waals surface area contributed by atoms with Gasteiger partial charge in [-0.15, -0.1) is 0 Å². The quantitative estimate of drug-likeness (QED) is 0.606. The van der Waals surface area contributed by atoms with E-state index in [-0.39, 0.29) is 11.9 Å². The third-order valence-electron chi connectivity index (χ3n) is 3.28. The predicted molar refractivity (Wildman–Crippen MR) is 93.7 cm³/mol. The lowest BCUT2D eigenvalue weighted by atomic mass is 9.99. The van der Waals surface area contributed by atoms with Gasteiger partial charge in [0.25, 0.3) is 0 Å². The van der Waals surface area contributed by atoms with Crippen LogP contribution in [0.25, 0.3) is 0 Å². The molecule has 0 bridgehead atoms. The highest BCUT2D eigenvalue weighted by atomic mass is 16.6. The third kappa shape index (κ3) is 6.86. The van der Waals surface area contributed by atoms with Crippen LogP contribution in [0.15, 0.2) is 36.6 Å². The summed E-state index contributed by atoms with van der Waals surface area (Å²) < 4.78 is 10.1. The van der Waals surface area contributed by atoms with Gasteiger partial charge in [0.1, 0.15) is 6.04 Å². The lowest BCUT2D eigenvalue weighted by Gasteiger charge is -2.19. The molecule has 0 aliphatic rings. The Morgan fingerprint density at radius 2 is 1.71 bits per heavy atom. The Kier molecular flexibility index (Phi) is 7.49. The molecule has 1 rings (SSSR count). The number of benzene rings is 1. The van der Waals surface area contributed by atoms with Gasteiger partial charge in [-0.25, -0.2) is 9.59 Å². The van der Waals surface area contributed by atoms with Crippen molar-refractivity contribution in [1.82, 2.24) is 5.32 Å². The molecular formula is C19H27NO4. The van der Waals surface area contributed by atoms with E-state index in [1.807, 2.05) is 24.3 Å². The fourth-order valence-electron chi connectivity index (χ4n) is 2.11. The molecule has 0 aliphatic carbocycles. The topological polar surface area (TPSA) is 64.6 Å². The van der Waals surface area contributed by atoms with Crippen LogP contribution in [0.2, 0.25) is 0 Å². The second-order valence-electron chi connectivity index (χ2n) is 6.37. The smallest absolute Gasteiger partial charge is 0.412 e. The highest BCUT2D eigenvalue weighted by Crippen LogP contribution is 2.16. The van der Waals surface area contributed by atoms with Gasteiger partial charge in [0.2, 0.25) is 0 Å². The van der Waals surface area contributed by atoms with Crippen LogP contribution in [0.4, 0.5) is 4.79 Å². The van der Waals surface area contributed by atoms with Crippen LogP contribution < -0.4 is 5.32 Å². The lowest BCUT2D eigenvalue weighted by molar-refractivity contribution is -0.149. The zero-order valence-electron chi connectivity index (χ0n) is 15.1. The van der Waals surface area contributed by atoms with Gasteiger partial charge in [-0.2, -0.15) is 0 Å². The molecule has 0 radical (unpaired) electrons. The summed E-state index contributed by atoms with van der Waals surface area (Å²) in [5.74, 6) is 0.200. The Balaban J connectivity index is 2.85. The van der Waals surface area contributed by atoms with E-state index in [4.69, 9.17) is 9.47 Å². The number of esters is 1.